The summed E-state index contributed by atoms with van der Waals surface area (Å²) in [6.45, 7) is 1.07. The molecule has 0 aromatic heterocycles. The molecule has 1 heterocycles. The van der Waals surface area contributed by atoms with Crippen LogP contribution in [-0.2, 0) is 0 Å². The molecule has 2 aliphatic rings. The van der Waals surface area contributed by atoms with Gasteiger partial charge in [-0.15, -0.1) is 0 Å². The molecule has 1 aliphatic carbocycles. The number of nitrogens with one attached hydrogen (secondary N) is 1. The van der Waals surface area contributed by atoms with Gasteiger partial charge < -0.3 is 5.32 Å². The minimum atomic E-state index is 0.412. The van der Waals surface area contributed by atoms with Gasteiger partial charge >= 0.3 is 0 Å². The van der Waals surface area contributed by atoms with Crippen molar-refractivity contribution in [3.8, 4) is 0 Å². The van der Waals surface area contributed by atoms with Gasteiger partial charge in [0, 0.05) is 12.2 Å². The first kappa shape index (κ1) is 7.17. The van der Waals surface area contributed by atoms with Crippen molar-refractivity contribution in [1.82, 2.24) is 5.32 Å². The Hall–Kier alpha value is -0.500. The summed E-state index contributed by atoms with van der Waals surface area (Å²) in [5.41, 5.74) is 2.67. The number of alkyl halides is 1. The molecule has 2 rings (SSSR count). The molecule has 0 spiro atoms. The first-order valence-electron chi connectivity index (χ1n) is 3.85. The molecule has 0 saturated carbocycles. The third-order valence-corrected chi connectivity index (χ3v) is 2.77. The number of hydrogen-bond acceptors (Lipinski definition) is 1. The first-order valence-corrected chi connectivity index (χ1v) is 4.76. The van der Waals surface area contributed by atoms with Crippen molar-refractivity contribution < 1.29 is 0 Å². The predicted octanol–water partition coefficient (Wildman–Crippen LogP) is 2.12. The van der Waals surface area contributed by atoms with E-state index in [0.29, 0.717) is 4.83 Å². The van der Waals surface area contributed by atoms with Crippen LogP contribution < -0.4 is 5.32 Å². The lowest BCUT2D eigenvalue weighted by atomic mass is 10.00. The van der Waals surface area contributed by atoms with Gasteiger partial charge in [0.05, 0.1) is 4.83 Å². The monoisotopic (exact) mass is 211 g/mol. The van der Waals surface area contributed by atoms with Gasteiger partial charge in [-0.1, -0.05) is 34.2 Å². The highest BCUT2D eigenvalue weighted by atomic mass is 79.9. The van der Waals surface area contributed by atoms with Gasteiger partial charge in [0.2, 0.25) is 0 Å². The van der Waals surface area contributed by atoms with Crippen LogP contribution in [0.3, 0.4) is 0 Å². The maximum absolute atomic E-state index is 3.59. The summed E-state index contributed by atoms with van der Waals surface area (Å²) in [6, 6.07) is 0. The third kappa shape index (κ3) is 1.27. The molecule has 0 amide bonds. The van der Waals surface area contributed by atoms with Crippen LogP contribution in [-0.4, -0.2) is 11.4 Å². The summed E-state index contributed by atoms with van der Waals surface area (Å²) in [5.74, 6) is 0. The topological polar surface area (TPSA) is 12.0 Å². The Morgan fingerprint density at radius 1 is 1.55 bits per heavy atom. The van der Waals surface area contributed by atoms with Crippen LogP contribution in [0.2, 0.25) is 0 Å². The quantitative estimate of drug-likeness (QED) is 0.606. The highest BCUT2D eigenvalue weighted by Crippen LogP contribution is 2.26. The van der Waals surface area contributed by atoms with Crippen LogP contribution in [0, 0.1) is 0 Å². The fraction of sp³-hybridized carbons (Fsp3) is 0.333. The van der Waals surface area contributed by atoms with Gasteiger partial charge in [0.15, 0.2) is 0 Å². The number of hydrogen-bond donors (Lipinski definition) is 1. The van der Waals surface area contributed by atoms with Crippen LogP contribution >= 0.6 is 15.9 Å². The van der Waals surface area contributed by atoms with Crippen molar-refractivity contribution >= 4 is 15.9 Å². The molecule has 0 bridgehead atoms. The van der Waals surface area contributed by atoms with Crippen molar-refractivity contribution in [1.29, 1.82) is 0 Å². The fourth-order valence-electron chi connectivity index (χ4n) is 1.42. The van der Waals surface area contributed by atoms with Crippen LogP contribution in [0.1, 0.15) is 6.42 Å². The number of fused-ring (bicyclic) bond motifs is 1. The molecule has 1 aliphatic heterocycles. The Kier molecular flexibility index (Phi) is 1.86. The van der Waals surface area contributed by atoms with Crippen LogP contribution in [0.25, 0.3) is 0 Å². The molecular formula is C9H10BrN. The maximum Gasteiger partial charge on any atom is 0.0595 e. The molecule has 2 heteroatoms. The molecule has 1 nitrogen and oxygen atoms in total. The van der Waals surface area contributed by atoms with Gasteiger partial charge in [0.25, 0.3) is 0 Å². The average molecular weight is 212 g/mol. The zero-order chi connectivity index (χ0) is 7.68. The Bertz CT molecular complexity index is 250. The Labute approximate surface area is 75.0 Å². The standard InChI is InChI=1S/C9H10BrN/c10-8-4-1-5-9-7(8)3-2-6-11-9/h1,3-5,8,11H,2,6H2. The van der Waals surface area contributed by atoms with Gasteiger partial charge in [0.1, 0.15) is 0 Å². The van der Waals surface area contributed by atoms with Gasteiger partial charge in [-0.25, -0.2) is 0 Å². The van der Waals surface area contributed by atoms with Crippen molar-refractivity contribution in [3.05, 3.63) is 35.6 Å². The Morgan fingerprint density at radius 2 is 2.45 bits per heavy atom. The minimum Gasteiger partial charge on any atom is -0.384 e. The highest BCUT2D eigenvalue weighted by molar-refractivity contribution is 9.09. The second kappa shape index (κ2) is 2.86. The average Bonchev–Trinajstić information content (AvgIpc) is 2.06. The normalized spacial score (nSPS) is 28.3. The van der Waals surface area contributed by atoms with Crippen molar-refractivity contribution in [2.24, 2.45) is 0 Å². The Balaban J connectivity index is 2.35. The largest absolute Gasteiger partial charge is 0.384 e. The molecule has 0 aromatic carbocycles. The van der Waals surface area contributed by atoms with Gasteiger partial charge in [-0.2, -0.15) is 0 Å². The molecule has 0 radical (unpaired) electrons. The van der Waals surface area contributed by atoms with E-state index in [-0.39, 0.29) is 0 Å². The van der Waals surface area contributed by atoms with E-state index in [1.807, 2.05) is 0 Å². The van der Waals surface area contributed by atoms with E-state index < -0.39 is 0 Å². The van der Waals surface area contributed by atoms with E-state index in [9.17, 15) is 0 Å². The van der Waals surface area contributed by atoms with E-state index in [1.54, 1.807) is 0 Å². The molecule has 1 N–H and O–H groups in total. The zero-order valence-corrected chi connectivity index (χ0v) is 7.76. The molecular weight excluding hydrogens is 202 g/mol. The number of halogens is 1. The molecule has 1 unspecified atom stereocenters. The zero-order valence-electron chi connectivity index (χ0n) is 6.18. The van der Waals surface area contributed by atoms with Crippen molar-refractivity contribution in [2.45, 2.75) is 11.2 Å². The molecule has 0 saturated heterocycles. The molecule has 1 atom stereocenters. The second-order valence-electron chi connectivity index (χ2n) is 2.74. The first-order chi connectivity index (χ1) is 5.38. The molecule has 58 valence electrons. The maximum atomic E-state index is 3.59. The molecule has 11 heavy (non-hydrogen) atoms. The Morgan fingerprint density at radius 3 is 3.27 bits per heavy atom. The van der Waals surface area contributed by atoms with Crippen LogP contribution in [0.5, 0.6) is 0 Å². The fourth-order valence-corrected chi connectivity index (χ4v) is 2.03. The number of allylic oxidation sites excluding steroid dienone is 4. The lowest BCUT2D eigenvalue weighted by molar-refractivity contribution is 0.766. The van der Waals surface area contributed by atoms with E-state index in [2.05, 4.69) is 45.6 Å². The highest BCUT2D eigenvalue weighted by Gasteiger charge is 2.16. The lowest BCUT2D eigenvalue weighted by Gasteiger charge is -2.23. The number of rotatable bonds is 0. The van der Waals surface area contributed by atoms with E-state index >= 15 is 0 Å². The van der Waals surface area contributed by atoms with Crippen LogP contribution in [0.15, 0.2) is 35.6 Å². The van der Waals surface area contributed by atoms with Crippen molar-refractivity contribution in [3.63, 3.8) is 0 Å². The minimum absolute atomic E-state index is 0.412. The van der Waals surface area contributed by atoms with Gasteiger partial charge in [-0.3, -0.25) is 0 Å². The lowest BCUT2D eigenvalue weighted by Crippen LogP contribution is -2.24. The summed E-state index contributed by atoms with van der Waals surface area (Å²) in [4.78, 5) is 0.412. The smallest absolute Gasteiger partial charge is 0.0595 e. The third-order valence-electron chi connectivity index (χ3n) is 1.98. The van der Waals surface area contributed by atoms with E-state index in [0.717, 1.165) is 13.0 Å². The van der Waals surface area contributed by atoms with E-state index in [4.69, 9.17) is 0 Å². The SMILES string of the molecule is BrC1C=CC=C2NCCC=C21. The summed E-state index contributed by atoms with van der Waals surface area (Å²) in [7, 11) is 0. The molecule has 0 fully saturated rings. The summed E-state index contributed by atoms with van der Waals surface area (Å²) >= 11 is 3.59. The van der Waals surface area contributed by atoms with Crippen molar-refractivity contribution in [2.75, 3.05) is 6.54 Å². The summed E-state index contributed by atoms with van der Waals surface area (Å²) < 4.78 is 0. The summed E-state index contributed by atoms with van der Waals surface area (Å²) in [6.07, 6.45) is 9.81. The predicted molar refractivity (Wildman–Crippen MR) is 50.6 cm³/mol. The molecule has 0 aromatic rings. The summed E-state index contributed by atoms with van der Waals surface area (Å²) in [5, 5.41) is 3.36. The van der Waals surface area contributed by atoms with E-state index in [1.165, 1.54) is 11.3 Å². The second-order valence-corrected chi connectivity index (χ2v) is 3.73. The van der Waals surface area contributed by atoms with Gasteiger partial charge in [-0.05, 0) is 18.1 Å². The van der Waals surface area contributed by atoms with Crippen LogP contribution in [0.4, 0.5) is 0 Å².